The van der Waals surface area contributed by atoms with Crippen molar-refractivity contribution in [2.24, 2.45) is 5.41 Å². The van der Waals surface area contributed by atoms with E-state index in [0.29, 0.717) is 18.4 Å². The van der Waals surface area contributed by atoms with Gasteiger partial charge in [-0.25, -0.2) is 9.59 Å². The molecule has 0 saturated carbocycles. The first-order chi connectivity index (χ1) is 19.0. The van der Waals surface area contributed by atoms with Gasteiger partial charge in [0.05, 0.1) is 25.7 Å². The molecule has 0 heterocycles. The number of hydrogen-bond donors (Lipinski definition) is 1. The third-order valence-electron chi connectivity index (χ3n) is 5.59. The fourth-order valence-corrected chi connectivity index (χ4v) is 3.31. The Bertz CT molecular complexity index is 941. The third-order valence-corrected chi connectivity index (χ3v) is 5.59. The summed E-state index contributed by atoms with van der Waals surface area (Å²) in [5.74, 6) is -0.986. The zero-order chi connectivity index (χ0) is 30.0. The van der Waals surface area contributed by atoms with Gasteiger partial charge in [0.2, 0.25) is 0 Å². The van der Waals surface area contributed by atoms with E-state index in [9.17, 15) is 19.2 Å². The molecule has 0 saturated heterocycles. The van der Waals surface area contributed by atoms with Crippen LogP contribution >= 0.6 is 0 Å². The molecule has 1 atom stereocenters. The number of carbonyl (C=O) groups is 4. The molecule has 0 fully saturated rings. The standard InChI is InChI=1S/C29H45NO10/c1-7-9-11-16-37-27(33)39-23-14-13-21(20-24(23)40-28(34)38-17-12-10-8-2)19-22(25(31)35-6)30-15-18-36-26(32)29(3,4)5/h13-14,20,22,30H,7-12,15-19H2,1-6H3/t22-/m0/s1. The molecular formula is C29H45NO10. The van der Waals surface area contributed by atoms with E-state index in [1.165, 1.54) is 19.2 Å². The predicted octanol–water partition coefficient (Wildman–Crippen LogP) is 5.36. The number of esters is 2. The highest BCUT2D eigenvalue weighted by molar-refractivity contribution is 5.76. The van der Waals surface area contributed by atoms with E-state index in [0.717, 1.165) is 25.7 Å². The van der Waals surface area contributed by atoms with Gasteiger partial charge in [-0.15, -0.1) is 0 Å². The van der Waals surface area contributed by atoms with Crippen LogP contribution < -0.4 is 14.8 Å². The Labute approximate surface area is 237 Å². The number of nitrogens with one attached hydrogen (secondary N) is 1. The molecular weight excluding hydrogens is 522 g/mol. The van der Waals surface area contributed by atoms with Crippen LogP contribution in [0.1, 0.15) is 78.7 Å². The maximum Gasteiger partial charge on any atom is 0.513 e. The van der Waals surface area contributed by atoms with Crippen LogP contribution in [0.5, 0.6) is 11.5 Å². The highest BCUT2D eigenvalue weighted by Crippen LogP contribution is 2.30. The van der Waals surface area contributed by atoms with Crippen LogP contribution in [0, 0.1) is 5.41 Å². The third kappa shape index (κ3) is 14.2. The molecule has 0 aliphatic carbocycles. The van der Waals surface area contributed by atoms with Gasteiger partial charge in [-0.1, -0.05) is 45.6 Å². The number of benzene rings is 1. The van der Waals surface area contributed by atoms with Crippen LogP contribution in [0.25, 0.3) is 0 Å². The average Bonchev–Trinajstić information content (AvgIpc) is 2.91. The van der Waals surface area contributed by atoms with Gasteiger partial charge in [0.1, 0.15) is 12.6 Å². The number of unbranched alkanes of at least 4 members (excludes halogenated alkanes) is 4. The van der Waals surface area contributed by atoms with Gasteiger partial charge in [0.15, 0.2) is 11.5 Å². The Morgan fingerprint density at radius 2 is 1.38 bits per heavy atom. The highest BCUT2D eigenvalue weighted by Gasteiger charge is 2.24. The first-order valence-electron chi connectivity index (χ1n) is 13.8. The number of methoxy groups -OCH3 is 1. The lowest BCUT2D eigenvalue weighted by Gasteiger charge is -2.19. The molecule has 1 rings (SSSR count). The van der Waals surface area contributed by atoms with Crippen LogP contribution in [-0.2, 0) is 35.0 Å². The summed E-state index contributed by atoms with van der Waals surface area (Å²) in [5.41, 5.74) is -0.0619. The van der Waals surface area contributed by atoms with Gasteiger partial charge in [-0.2, -0.15) is 0 Å². The Balaban J connectivity index is 2.97. The molecule has 0 amide bonds. The van der Waals surface area contributed by atoms with Gasteiger partial charge in [-0.05, 0) is 57.7 Å². The average molecular weight is 568 g/mol. The molecule has 1 aromatic carbocycles. The van der Waals surface area contributed by atoms with E-state index in [1.807, 2.05) is 13.8 Å². The van der Waals surface area contributed by atoms with E-state index >= 15 is 0 Å². The van der Waals surface area contributed by atoms with E-state index in [1.54, 1.807) is 26.8 Å². The lowest BCUT2D eigenvalue weighted by Crippen LogP contribution is -2.41. The zero-order valence-corrected chi connectivity index (χ0v) is 24.7. The zero-order valence-electron chi connectivity index (χ0n) is 24.7. The Morgan fingerprint density at radius 1 is 0.800 bits per heavy atom. The summed E-state index contributed by atoms with van der Waals surface area (Å²) in [6.07, 6.45) is 3.42. The first kappa shape index (κ1) is 34.7. The summed E-state index contributed by atoms with van der Waals surface area (Å²) in [7, 11) is 1.27. The van der Waals surface area contributed by atoms with Crippen molar-refractivity contribution >= 4 is 24.2 Å². The van der Waals surface area contributed by atoms with E-state index < -0.39 is 29.7 Å². The van der Waals surface area contributed by atoms with E-state index in [2.05, 4.69) is 5.32 Å². The SMILES string of the molecule is CCCCCOC(=O)Oc1ccc(C[C@H](NCCOC(=O)C(C)(C)C)C(=O)OC)cc1OC(=O)OCCCCC. The minimum atomic E-state index is -0.947. The van der Waals surface area contributed by atoms with Crippen molar-refractivity contribution in [2.75, 3.05) is 33.5 Å². The number of carbonyl (C=O) groups excluding carboxylic acids is 4. The summed E-state index contributed by atoms with van der Waals surface area (Å²) < 4.78 is 31.0. The Kier molecular flexibility index (Phi) is 16.4. The molecule has 0 spiro atoms. The summed E-state index contributed by atoms with van der Waals surface area (Å²) in [5, 5.41) is 3.02. The van der Waals surface area contributed by atoms with Gasteiger partial charge >= 0.3 is 24.2 Å². The van der Waals surface area contributed by atoms with E-state index in [-0.39, 0.29) is 50.3 Å². The molecule has 0 aromatic heterocycles. The van der Waals surface area contributed by atoms with Crippen LogP contribution in [0.15, 0.2) is 18.2 Å². The molecule has 0 unspecified atom stereocenters. The number of rotatable bonds is 17. The van der Waals surface area contributed by atoms with Crippen LogP contribution in [-0.4, -0.2) is 63.8 Å². The molecule has 40 heavy (non-hydrogen) atoms. The molecule has 0 radical (unpaired) electrons. The van der Waals surface area contributed by atoms with Crippen molar-refractivity contribution in [3.8, 4) is 11.5 Å². The molecule has 1 aromatic rings. The van der Waals surface area contributed by atoms with Crippen molar-refractivity contribution in [1.82, 2.24) is 5.32 Å². The predicted molar refractivity (Wildman–Crippen MR) is 147 cm³/mol. The van der Waals surface area contributed by atoms with Crippen LogP contribution in [0.3, 0.4) is 0 Å². The van der Waals surface area contributed by atoms with Gasteiger partial charge in [0, 0.05) is 6.54 Å². The summed E-state index contributed by atoms with van der Waals surface area (Å²) >= 11 is 0. The van der Waals surface area contributed by atoms with Crippen molar-refractivity contribution in [3.05, 3.63) is 23.8 Å². The van der Waals surface area contributed by atoms with Gasteiger partial charge < -0.3 is 33.7 Å². The fraction of sp³-hybridized carbons (Fsp3) is 0.655. The maximum atomic E-state index is 12.4. The monoisotopic (exact) mass is 567 g/mol. The lowest BCUT2D eigenvalue weighted by molar-refractivity contribution is -0.152. The number of ether oxygens (including phenoxy) is 6. The Morgan fingerprint density at radius 3 is 1.90 bits per heavy atom. The smallest absolute Gasteiger partial charge is 0.468 e. The number of hydrogen-bond acceptors (Lipinski definition) is 11. The summed E-state index contributed by atoms with van der Waals surface area (Å²) in [6.45, 7) is 9.99. The normalized spacial score (nSPS) is 11.8. The molecule has 0 aliphatic rings. The first-order valence-corrected chi connectivity index (χ1v) is 13.8. The highest BCUT2D eigenvalue weighted by atomic mass is 16.7. The minimum Gasteiger partial charge on any atom is -0.468 e. The van der Waals surface area contributed by atoms with Crippen LogP contribution in [0.2, 0.25) is 0 Å². The Hall–Kier alpha value is -3.34. The molecule has 1 N–H and O–H groups in total. The van der Waals surface area contributed by atoms with Crippen molar-refractivity contribution < 1.29 is 47.6 Å². The molecule has 11 nitrogen and oxygen atoms in total. The largest absolute Gasteiger partial charge is 0.513 e. The summed E-state index contributed by atoms with van der Waals surface area (Å²) in [6, 6.07) is 3.75. The van der Waals surface area contributed by atoms with Crippen molar-refractivity contribution in [3.63, 3.8) is 0 Å². The lowest BCUT2D eigenvalue weighted by atomic mass is 9.97. The van der Waals surface area contributed by atoms with Crippen LogP contribution in [0.4, 0.5) is 9.59 Å². The van der Waals surface area contributed by atoms with Gasteiger partial charge in [0.25, 0.3) is 0 Å². The second-order valence-corrected chi connectivity index (χ2v) is 10.2. The molecule has 11 heteroatoms. The topological polar surface area (TPSA) is 136 Å². The van der Waals surface area contributed by atoms with Gasteiger partial charge in [-0.3, -0.25) is 9.59 Å². The van der Waals surface area contributed by atoms with E-state index in [4.69, 9.17) is 28.4 Å². The maximum absolute atomic E-state index is 12.4. The van der Waals surface area contributed by atoms with Crippen molar-refractivity contribution in [1.29, 1.82) is 0 Å². The molecule has 0 bridgehead atoms. The minimum absolute atomic E-state index is 0.0357. The summed E-state index contributed by atoms with van der Waals surface area (Å²) in [4.78, 5) is 48.9. The second kappa shape index (κ2) is 18.9. The molecule has 226 valence electrons. The van der Waals surface area contributed by atoms with Crippen molar-refractivity contribution in [2.45, 2.75) is 85.6 Å². The second-order valence-electron chi connectivity index (χ2n) is 10.2. The quantitative estimate of drug-likeness (QED) is 0.113. The fourth-order valence-electron chi connectivity index (χ4n) is 3.31. The molecule has 0 aliphatic heterocycles.